The molecule has 0 aliphatic heterocycles. The molecule has 4 aromatic carbocycles. The first kappa shape index (κ1) is 21.6. The van der Waals surface area contributed by atoms with Crippen LogP contribution in [0.25, 0.3) is 27.5 Å². The number of amides is 1. The molecule has 0 saturated carbocycles. The van der Waals surface area contributed by atoms with Crippen molar-refractivity contribution in [2.45, 2.75) is 26.7 Å². The second-order valence-electron chi connectivity index (χ2n) is 8.70. The summed E-state index contributed by atoms with van der Waals surface area (Å²) in [7, 11) is 0. The minimum Gasteiger partial charge on any atom is -0.484 e. The van der Waals surface area contributed by atoms with Crippen molar-refractivity contribution in [3.05, 3.63) is 90.0 Å². The van der Waals surface area contributed by atoms with Gasteiger partial charge in [-0.05, 0) is 59.7 Å². The van der Waals surface area contributed by atoms with Gasteiger partial charge in [-0.3, -0.25) is 4.79 Å². The van der Waals surface area contributed by atoms with Crippen molar-refractivity contribution in [2.75, 3.05) is 11.9 Å². The Morgan fingerprint density at radius 3 is 2.41 bits per heavy atom. The summed E-state index contributed by atoms with van der Waals surface area (Å²) in [5.41, 5.74) is 5.23. The van der Waals surface area contributed by atoms with E-state index in [1.165, 1.54) is 5.56 Å². The molecule has 0 atom stereocenters. The van der Waals surface area contributed by atoms with Gasteiger partial charge in [-0.2, -0.15) is 0 Å². The average Bonchev–Trinajstić information content (AvgIpc) is 3.25. The summed E-state index contributed by atoms with van der Waals surface area (Å²) in [5, 5.41) is 14.5. The Labute approximate surface area is 198 Å². The fraction of sp³-hybridized carbons (Fsp3) is 0.179. The van der Waals surface area contributed by atoms with Crippen LogP contribution in [0.2, 0.25) is 0 Å². The molecule has 1 heterocycles. The highest BCUT2D eigenvalue weighted by molar-refractivity contribution is 5.95. The zero-order chi connectivity index (χ0) is 23.7. The molecule has 34 heavy (non-hydrogen) atoms. The van der Waals surface area contributed by atoms with Gasteiger partial charge in [0.25, 0.3) is 5.91 Å². The first-order chi connectivity index (χ1) is 16.5. The van der Waals surface area contributed by atoms with E-state index in [0.717, 1.165) is 27.5 Å². The predicted molar refractivity (Wildman–Crippen MR) is 136 cm³/mol. The minimum absolute atomic E-state index is 0.0683. The number of carbonyl (C=O) groups is 1. The largest absolute Gasteiger partial charge is 0.484 e. The third-order valence-corrected chi connectivity index (χ3v) is 5.90. The van der Waals surface area contributed by atoms with Crippen LogP contribution in [-0.2, 0) is 4.79 Å². The summed E-state index contributed by atoms with van der Waals surface area (Å²) >= 11 is 0. The van der Waals surface area contributed by atoms with E-state index in [9.17, 15) is 4.79 Å². The van der Waals surface area contributed by atoms with Gasteiger partial charge in [-0.1, -0.05) is 62.4 Å². The molecule has 0 radical (unpaired) electrons. The fourth-order valence-electron chi connectivity index (χ4n) is 3.98. The zero-order valence-electron chi connectivity index (χ0n) is 19.4. The van der Waals surface area contributed by atoms with Crippen LogP contribution in [0.1, 0.15) is 30.9 Å². The van der Waals surface area contributed by atoms with Crippen LogP contribution in [0.15, 0.2) is 78.9 Å². The predicted octanol–water partition coefficient (Wildman–Crippen LogP) is 6.02. The van der Waals surface area contributed by atoms with Crippen LogP contribution in [0.5, 0.6) is 5.75 Å². The number of anilines is 1. The first-order valence-electron chi connectivity index (χ1n) is 11.4. The van der Waals surface area contributed by atoms with Gasteiger partial charge in [0.2, 0.25) is 0 Å². The molecule has 5 aromatic rings. The molecule has 5 rings (SSSR count). The number of aryl methyl sites for hydroxylation is 1. The van der Waals surface area contributed by atoms with E-state index in [2.05, 4.69) is 47.6 Å². The smallest absolute Gasteiger partial charge is 0.262 e. The number of carbonyl (C=O) groups excluding carboxylic acids is 1. The van der Waals surface area contributed by atoms with Crippen molar-refractivity contribution >= 4 is 33.4 Å². The second-order valence-corrected chi connectivity index (χ2v) is 8.70. The molecule has 1 N–H and O–H groups in total. The molecule has 0 fully saturated rings. The van der Waals surface area contributed by atoms with Crippen molar-refractivity contribution in [3.63, 3.8) is 0 Å². The molecule has 6 heteroatoms. The van der Waals surface area contributed by atoms with Crippen LogP contribution in [-0.4, -0.2) is 27.5 Å². The second kappa shape index (κ2) is 8.98. The van der Waals surface area contributed by atoms with Crippen LogP contribution in [0.4, 0.5) is 5.69 Å². The van der Waals surface area contributed by atoms with Crippen molar-refractivity contribution < 1.29 is 9.53 Å². The summed E-state index contributed by atoms with van der Waals surface area (Å²) < 4.78 is 5.66. The Morgan fingerprint density at radius 1 is 0.941 bits per heavy atom. The number of benzene rings is 4. The van der Waals surface area contributed by atoms with E-state index < -0.39 is 0 Å². The zero-order valence-corrected chi connectivity index (χ0v) is 19.4. The maximum absolute atomic E-state index is 12.5. The molecule has 0 aliphatic carbocycles. The van der Waals surface area contributed by atoms with Crippen molar-refractivity contribution in [2.24, 2.45) is 0 Å². The third kappa shape index (κ3) is 4.35. The van der Waals surface area contributed by atoms with Crippen LogP contribution in [0.3, 0.4) is 0 Å². The molecular weight excluding hydrogens is 424 g/mol. The van der Waals surface area contributed by atoms with E-state index >= 15 is 0 Å². The van der Waals surface area contributed by atoms with Gasteiger partial charge in [-0.15, -0.1) is 15.0 Å². The molecule has 0 aliphatic rings. The highest BCUT2D eigenvalue weighted by atomic mass is 16.5. The van der Waals surface area contributed by atoms with E-state index in [1.807, 2.05) is 67.6 Å². The van der Waals surface area contributed by atoms with Crippen LogP contribution < -0.4 is 10.1 Å². The van der Waals surface area contributed by atoms with Crippen molar-refractivity contribution in [3.8, 4) is 11.4 Å². The Balaban J connectivity index is 1.34. The van der Waals surface area contributed by atoms with E-state index in [1.54, 1.807) is 4.80 Å². The lowest BCUT2D eigenvalue weighted by Crippen LogP contribution is -2.20. The Bertz CT molecular complexity index is 1480. The number of hydrogen-bond acceptors (Lipinski definition) is 4. The van der Waals surface area contributed by atoms with Gasteiger partial charge in [0, 0.05) is 11.1 Å². The summed E-state index contributed by atoms with van der Waals surface area (Å²) in [6, 6.07) is 25.9. The molecule has 1 amide bonds. The number of ether oxygens (including phenoxy) is 1. The molecule has 0 saturated heterocycles. The number of hydrogen-bond donors (Lipinski definition) is 1. The number of fused-ring (bicyclic) bond motifs is 2. The first-order valence-corrected chi connectivity index (χ1v) is 11.4. The topological polar surface area (TPSA) is 69.0 Å². The normalized spacial score (nSPS) is 11.3. The molecule has 0 bridgehead atoms. The standard InChI is InChI=1S/C28H26N4O2/c1-18(2)20-11-13-22(14-12-20)34-17-28(33)29-24-16-26-25(15-19(24)3)30-32(31-26)27-10-6-8-21-7-4-5-9-23(21)27/h4-16,18H,17H2,1-3H3,(H,29,33). The summed E-state index contributed by atoms with van der Waals surface area (Å²) in [4.78, 5) is 14.2. The lowest BCUT2D eigenvalue weighted by atomic mass is 10.0. The van der Waals surface area contributed by atoms with Gasteiger partial charge in [0.15, 0.2) is 6.61 Å². The lowest BCUT2D eigenvalue weighted by molar-refractivity contribution is -0.118. The summed E-state index contributed by atoms with van der Waals surface area (Å²) in [5.74, 6) is 0.899. The molecule has 6 nitrogen and oxygen atoms in total. The Kier molecular flexibility index (Phi) is 5.72. The molecule has 0 spiro atoms. The minimum atomic E-state index is -0.225. The fourth-order valence-corrected chi connectivity index (χ4v) is 3.98. The molecule has 1 aromatic heterocycles. The number of nitrogens with one attached hydrogen (secondary N) is 1. The van der Waals surface area contributed by atoms with Gasteiger partial charge < -0.3 is 10.1 Å². The maximum Gasteiger partial charge on any atom is 0.262 e. The molecular formula is C28H26N4O2. The average molecular weight is 451 g/mol. The third-order valence-electron chi connectivity index (χ3n) is 5.90. The Morgan fingerprint density at radius 2 is 1.65 bits per heavy atom. The number of nitrogens with zero attached hydrogens (tertiary/aromatic N) is 3. The summed E-state index contributed by atoms with van der Waals surface area (Å²) in [6.07, 6.45) is 0. The van der Waals surface area contributed by atoms with Gasteiger partial charge in [-0.25, -0.2) is 0 Å². The number of aromatic nitrogens is 3. The summed E-state index contributed by atoms with van der Waals surface area (Å²) in [6.45, 7) is 6.16. The van der Waals surface area contributed by atoms with Crippen LogP contribution >= 0.6 is 0 Å². The Hall–Kier alpha value is -4.19. The SMILES string of the molecule is Cc1cc2nn(-c3cccc4ccccc34)nc2cc1NC(=O)COc1ccc(C(C)C)cc1. The van der Waals surface area contributed by atoms with Gasteiger partial charge in [0.1, 0.15) is 16.8 Å². The van der Waals surface area contributed by atoms with E-state index in [4.69, 9.17) is 4.74 Å². The van der Waals surface area contributed by atoms with E-state index in [-0.39, 0.29) is 12.5 Å². The van der Waals surface area contributed by atoms with E-state index in [0.29, 0.717) is 22.9 Å². The van der Waals surface area contributed by atoms with Gasteiger partial charge in [0.05, 0.1) is 5.69 Å². The number of rotatable bonds is 6. The maximum atomic E-state index is 12.5. The highest BCUT2D eigenvalue weighted by Crippen LogP contribution is 2.25. The van der Waals surface area contributed by atoms with Crippen molar-refractivity contribution in [1.82, 2.24) is 15.0 Å². The molecule has 170 valence electrons. The quantitative estimate of drug-likeness (QED) is 0.343. The van der Waals surface area contributed by atoms with Crippen LogP contribution in [0, 0.1) is 6.92 Å². The lowest BCUT2D eigenvalue weighted by Gasteiger charge is -2.10. The molecule has 0 unspecified atom stereocenters. The monoisotopic (exact) mass is 450 g/mol. The highest BCUT2D eigenvalue weighted by Gasteiger charge is 2.12. The van der Waals surface area contributed by atoms with Crippen molar-refractivity contribution in [1.29, 1.82) is 0 Å². The van der Waals surface area contributed by atoms with Gasteiger partial charge >= 0.3 is 0 Å².